The first-order chi connectivity index (χ1) is 7.49. The zero-order valence-electron chi connectivity index (χ0n) is 9.37. The van der Waals surface area contributed by atoms with Crippen molar-refractivity contribution in [2.75, 3.05) is 20.6 Å². The highest BCUT2D eigenvalue weighted by Gasteiger charge is 2.32. The lowest BCUT2D eigenvalue weighted by Crippen LogP contribution is -2.24. The number of fused-ring (bicyclic) bond motifs is 1. The van der Waals surface area contributed by atoms with Crippen molar-refractivity contribution in [2.24, 2.45) is 5.92 Å². The van der Waals surface area contributed by atoms with Crippen molar-refractivity contribution in [3.05, 3.63) is 33.3 Å². The first kappa shape index (κ1) is 12.2. The van der Waals surface area contributed by atoms with Crippen LogP contribution in [0.4, 0.5) is 0 Å². The molecular weight excluding hydrogens is 245 g/mol. The number of hydrogen-bond donors (Lipinski definition) is 1. The van der Waals surface area contributed by atoms with Gasteiger partial charge in [-0.15, -0.1) is 0 Å². The molecule has 1 N–H and O–H groups in total. The second kappa shape index (κ2) is 4.53. The summed E-state index contributed by atoms with van der Waals surface area (Å²) in [7, 11) is 4.01. The lowest BCUT2D eigenvalue weighted by molar-refractivity contribution is 0.105. The van der Waals surface area contributed by atoms with Crippen molar-refractivity contribution in [1.82, 2.24) is 4.90 Å². The van der Waals surface area contributed by atoms with E-state index in [1.54, 1.807) is 6.07 Å². The largest absolute Gasteiger partial charge is 0.388 e. The SMILES string of the molecule is CN(C)CC1Cc2c(Cl)cc(Cl)cc2C1O. The number of aliphatic hydroxyl groups is 1. The molecule has 2 unspecified atom stereocenters. The van der Waals surface area contributed by atoms with Gasteiger partial charge in [-0.3, -0.25) is 0 Å². The van der Waals surface area contributed by atoms with Crippen molar-refractivity contribution in [1.29, 1.82) is 0 Å². The van der Waals surface area contributed by atoms with Crippen molar-refractivity contribution < 1.29 is 5.11 Å². The van der Waals surface area contributed by atoms with Crippen LogP contribution >= 0.6 is 23.2 Å². The number of benzene rings is 1. The van der Waals surface area contributed by atoms with Crippen LogP contribution < -0.4 is 0 Å². The lowest BCUT2D eigenvalue weighted by Gasteiger charge is -2.19. The Bertz CT molecular complexity index is 406. The van der Waals surface area contributed by atoms with Gasteiger partial charge in [0.15, 0.2) is 0 Å². The minimum atomic E-state index is -0.450. The van der Waals surface area contributed by atoms with Crippen LogP contribution in [0.15, 0.2) is 12.1 Å². The summed E-state index contributed by atoms with van der Waals surface area (Å²) < 4.78 is 0. The van der Waals surface area contributed by atoms with E-state index in [1.165, 1.54) is 0 Å². The van der Waals surface area contributed by atoms with Crippen LogP contribution in [0.1, 0.15) is 17.2 Å². The van der Waals surface area contributed by atoms with E-state index in [9.17, 15) is 5.11 Å². The van der Waals surface area contributed by atoms with Gasteiger partial charge in [-0.1, -0.05) is 23.2 Å². The molecule has 4 heteroatoms. The third-order valence-electron chi connectivity index (χ3n) is 3.03. The van der Waals surface area contributed by atoms with E-state index in [-0.39, 0.29) is 5.92 Å². The summed E-state index contributed by atoms with van der Waals surface area (Å²) in [6.45, 7) is 0.851. The molecule has 0 saturated heterocycles. The highest BCUT2D eigenvalue weighted by atomic mass is 35.5. The van der Waals surface area contributed by atoms with Crippen LogP contribution in [-0.2, 0) is 6.42 Å². The van der Waals surface area contributed by atoms with Gasteiger partial charge < -0.3 is 10.0 Å². The van der Waals surface area contributed by atoms with Crippen LogP contribution in [0.2, 0.25) is 10.0 Å². The van der Waals surface area contributed by atoms with Crippen LogP contribution in [0, 0.1) is 5.92 Å². The third kappa shape index (κ3) is 2.21. The molecular formula is C12H15Cl2NO. The smallest absolute Gasteiger partial charge is 0.0837 e. The fraction of sp³-hybridized carbons (Fsp3) is 0.500. The molecule has 0 aromatic heterocycles. The molecule has 0 saturated carbocycles. The molecule has 0 radical (unpaired) electrons. The average Bonchev–Trinajstić information content (AvgIpc) is 2.45. The van der Waals surface area contributed by atoms with E-state index >= 15 is 0 Å². The number of hydrogen-bond acceptors (Lipinski definition) is 2. The Morgan fingerprint density at radius 1 is 1.38 bits per heavy atom. The first-order valence-corrected chi connectivity index (χ1v) is 6.05. The van der Waals surface area contributed by atoms with Gasteiger partial charge in [-0.05, 0) is 43.8 Å². The van der Waals surface area contributed by atoms with E-state index in [0.717, 1.165) is 24.1 Å². The quantitative estimate of drug-likeness (QED) is 0.883. The molecule has 88 valence electrons. The predicted octanol–water partition coefficient (Wildman–Crippen LogP) is 2.76. The van der Waals surface area contributed by atoms with E-state index in [1.807, 2.05) is 20.2 Å². The molecule has 0 bridgehead atoms. The summed E-state index contributed by atoms with van der Waals surface area (Å²) >= 11 is 12.1. The third-order valence-corrected chi connectivity index (χ3v) is 3.58. The van der Waals surface area contributed by atoms with Crippen LogP contribution in [0.25, 0.3) is 0 Å². The maximum Gasteiger partial charge on any atom is 0.0837 e. The normalized spacial score (nSPS) is 23.9. The minimum absolute atomic E-state index is 0.209. The standard InChI is InChI=1S/C12H15Cl2NO/c1-15(2)6-7-3-9-10(12(7)16)4-8(13)5-11(9)14/h4-5,7,12,16H,3,6H2,1-2H3. The van der Waals surface area contributed by atoms with Crippen molar-refractivity contribution >= 4 is 23.2 Å². The average molecular weight is 260 g/mol. The van der Waals surface area contributed by atoms with Crippen LogP contribution in [0.3, 0.4) is 0 Å². The lowest BCUT2D eigenvalue weighted by atomic mass is 10.0. The molecule has 1 aromatic carbocycles. The minimum Gasteiger partial charge on any atom is -0.388 e. The van der Waals surface area contributed by atoms with Gasteiger partial charge in [0.1, 0.15) is 0 Å². The molecule has 2 rings (SSSR count). The Morgan fingerprint density at radius 2 is 2.06 bits per heavy atom. The molecule has 16 heavy (non-hydrogen) atoms. The fourth-order valence-corrected chi connectivity index (χ4v) is 2.95. The molecule has 1 aromatic rings. The summed E-state index contributed by atoms with van der Waals surface area (Å²) in [5.74, 6) is 0.209. The molecule has 0 spiro atoms. The summed E-state index contributed by atoms with van der Waals surface area (Å²) in [5.41, 5.74) is 1.94. The van der Waals surface area contributed by atoms with Gasteiger partial charge in [-0.25, -0.2) is 0 Å². The Kier molecular flexibility index (Phi) is 3.45. The number of halogens is 2. The molecule has 0 fully saturated rings. The second-order valence-electron chi connectivity index (χ2n) is 4.63. The Labute approximate surface area is 106 Å². The summed E-state index contributed by atoms with van der Waals surface area (Å²) in [6, 6.07) is 3.57. The Balaban J connectivity index is 2.31. The molecule has 1 aliphatic rings. The predicted molar refractivity (Wildman–Crippen MR) is 67.2 cm³/mol. The molecule has 0 heterocycles. The van der Waals surface area contributed by atoms with Crippen LogP contribution in [-0.4, -0.2) is 30.6 Å². The zero-order chi connectivity index (χ0) is 11.9. The van der Waals surface area contributed by atoms with E-state index < -0.39 is 6.10 Å². The van der Waals surface area contributed by atoms with Crippen molar-refractivity contribution in [3.63, 3.8) is 0 Å². The van der Waals surface area contributed by atoms with E-state index in [2.05, 4.69) is 4.90 Å². The number of nitrogens with zero attached hydrogens (tertiary/aromatic N) is 1. The van der Waals surface area contributed by atoms with Gasteiger partial charge in [0, 0.05) is 22.5 Å². The Hall–Kier alpha value is -0.280. The van der Waals surface area contributed by atoms with Crippen molar-refractivity contribution in [2.45, 2.75) is 12.5 Å². The highest BCUT2D eigenvalue weighted by molar-refractivity contribution is 6.35. The molecule has 0 amide bonds. The maximum absolute atomic E-state index is 10.2. The van der Waals surface area contributed by atoms with E-state index in [0.29, 0.717) is 10.0 Å². The zero-order valence-corrected chi connectivity index (χ0v) is 10.9. The van der Waals surface area contributed by atoms with Gasteiger partial charge in [0.25, 0.3) is 0 Å². The van der Waals surface area contributed by atoms with Gasteiger partial charge in [-0.2, -0.15) is 0 Å². The van der Waals surface area contributed by atoms with Gasteiger partial charge >= 0.3 is 0 Å². The summed E-state index contributed by atoms with van der Waals surface area (Å²) in [6.07, 6.45) is 0.374. The molecule has 2 nitrogen and oxygen atoms in total. The highest BCUT2D eigenvalue weighted by Crippen LogP contribution is 2.41. The topological polar surface area (TPSA) is 23.5 Å². The van der Waals surface area contributed by atoms with Crippen LogP contribution in [0.5, 0.6) is 0 Å². The summed E-state index contributed by atoms with van der Waals surface area (Å²) in [4.78, 5) is 2.08. The second-order valence-corrected chi connectivity index (χ2v) is 5.47. The molecule has 1 aliphatic carbocycles. The Morgan fingerprint density at radius 3 is 2.69 bits per heavy atom. The first-order valence-electron chi connectivity index (χ1n) is 5.29. The summed E-state index contributed by atoms with van der Waals surface area (Å²) in [5, 5.41) is 11.5. The molecule has 2 atom stereocenters. The number of rotatable bonds is 2. The monoisotopic (exact) mass is 259 g/mol. The van der Waals surface area contributed by atoms with E-state index in [4.69, 9.17) is 23.2 Å². The van der Waals surface area contributed by atoms with Gasteiger partial charge in [0.05, 0.1) is 6.10 Å². The van der Waals surface area contributed by atoms with Gasteiger partial charge in [0.2, 0.25) is 0 Å². The number of aliphatic hydroxyl groups excluding tert-OH is 1. The fourth-order valence-electron chi connectivity index (χ4n) is 2.36. The molecule has 0 aliphatic heterocycles. The maximum atomic E-state index is 10.2. The van der Waals surface area contributed by atoms with Crippen molar-refractivity contribution in [3.8, 4) is 0 Å².